The summed E-state index contributed by atoms with van der Waals surface area (Å²) in [6.45, 7) is 17.1. The first kappa shape index (κ1) is 34.1. The molecule has 48 heavy (non-hydrogen) atoms. The van der Waals surface area contributed by atoms with Gasteiger partial charge < -0.3 is 9.97 Å². The van der Waals surface area contributed by atoms with E-state index >= 15 is 0 Å². The summed E-state index contributed by atoms with van der Waals surface area (Å²) >= 11 is 1.78. The molecule has 0 aliphatic carbocycles. The quantitative estimate of drug-likeness (QED) is 0.128. The summed E-state index contributed by atoms with van der Waals surface area (Å²) in [5.74, 6) is -0.665. The molecule has 0 saturated carbocycles. The average molecular weight is 841 g/mol. The number of aromatic nitrogens is 3. The number of thiophene rings is 1. The van der Waals surface area contributed by atoms with E-state index in [0.29, 0.717) is 0 Å². The number of nitrogens with zero attached hydrogens (tertiary/aromatic N) is 3. The molecule has 0 N–H and O–H groups in total. The number of rotatable bonds is 5. The third-order valence-corrected chi connectivity index (χ3v) is 11.7. The number of benzene rings is 3. The summed E-state index contributed by atoms with van der Waals surface area (Å²) in [6, 6.07) is 35.8. The zero-order valence-corrected chi connectivity index (χ0v) is 33.0. The van der Waals surface area contributed by atoms with E-state index in [2.05, 4.69) is 108 Å². The van der Waals surface area contributed by atoms with Crippen LogP contribution in [0.1, 0.15) is 43.6 Å². The van der Waals surface area contributed by atoms with Gasteiger partial charge in [-0.3, -0.25) is 4.98 Å². The Morgan fingerprint density at radius 2 is 1.54 bits per heavy atom. The first-order valence-electron chi connectivity index (χ1n) is 16.5. The Kier molecular flexibility index (Phi) is 10.5. The third-order valence-electron chi connectivity index (χ3n) is 8.35. The maximum atomic E-state index is 8.38. The third kappa shape index (κ3) is 7.74. The van der Waals surface area contributed by atoms with Crippen molar-refractivity contribution in [3.8, 4) is 33.6 Å². The van der Waals surface area contributed by atoms with Gasteiger partial charge in [-0.1, -0.05) is 74.3 Å². The van der Waals surface area contributed by atoms with Gasteiger partial charge in [0.15, 0.2) is 0 Å². The molecule has 0 atom stereocenters. The van der Waals surface area contributed by atoms with Crippen molar-refractivity contribution in [2.75, 3.05) is 0 Å². The van der Waals surface area contributed by atoms with Crippen LogP contribution in [0.3, 0.4) is 0 Å². The van der Waals surface area contributed by atoms with E-state index in [0.717, 1.165) is 39.5 Å². The van der Waals surface area contributed by atoms with Crippen LogP contribution in [0, 0.1) is 32.9 Å². The molecule has 0 spiro atoms. The molecular weight excluding hydrogens is 799 g/mol. The fraction of sp³-hybridized carbons (Fsp3) is 0.214. The average Bonchev–Trinajstić information content (AvgIpc) is 3.42. The monoisotopic (exact) mass is 841 g/mol. The van der Waals surface area contributed by atoms with Gasteiger partial charge in [0.2, 0.25) is 0 Å². The van der Waals surface area contributed by atoms with Gasteiger partial charge >= 0.3 is 0 Å². The van der Waals surface area contributed by atoms with Crippen LogP contribution in [-0.4, -0.2) is 23.0 Å². The Labute approximate surface area is 305 Å². The minimum Gasteiger partial charge on any atom is -0.305 e. The van der Waals surface area contributed by atoms with Crippen LogP contribution in [0.25, 0.3) is 53.8 Å². The van der Waals surface area contributed by atoms with Gasteiger partial charge in [-0.05, 0) is 88.7 Å². The molecular formula is C42H41IrN3SSi-2. The second-order valence-electron chi connectivity index (χ2n) is 13.4. The molecule has 6 heteroatoms. The van der Waals surface area contributed by atoms with Crippen LogP contribution in [0.15, 0.2) is 97.3 Å². The topological polar surface area (TPSA) is 38.7 Å². The van der Waals surface area contributed by atoms with Crippen molar-refractivity contribution in [1.29, 1.82) is 0 Å². The van der Waals surface area contributed by atoms with E-state index in [1.54, 1.807) is 17.5 Å². The van der Waals surface area contributed by atoms with Gasteiger partial charge in [0.05, 0.1) is 8.07 Å². The molecule has 0 aliphatic rings. The van der Waals surface area contributed by atoms with Crippen molar-refractivity contribution in [2.45, 2.75) is 60.2 Å². The number of pyridine rings is 3. The maximum absolute atomic E-state index is 8.38. The maximum Gasteiger partial charge on any atom is 0.0798 e. The summed E-state index contributed by atoms with van der Waals surface area (Å²) in [4.78, 5) is 13.7. The fourth-order valence-electron chi connectivity index (χ4n) is 6.03. The Bertz CT molecular complexity index is 2230. The molecule has 3 nitrogen and oxygen atoms in total. The minimum atomic E-state index is -1.27. The molecule has 4 heterocycles. The first-order chi connectivity index (χ1) is 22.8. The molecule has 1 radical (unpaired) electrons. The molecule has 3 aromatic carbocycles. The molecule has 0 aliphatic heterocycles. The van der Waals surface area contributed by atoms with E-state index in [4.69, 9.17) is 1.37 Å². The van der Waals surface area contributed by atoms with Crippen molar-refractivity contribution >= 4 is 44.8 Å². The summed E-state index contributed by atoms with van der Waals surface area (Å²) in [5, 5.41) is 3.91. The van der Waals surface area contributed by atoms with Crippen LogP contribution in [-0.2, 0) is 20.1 Å². The van der Waals surface area contributed by atoms with E-state index < -0.39 is 14.0 Å². The van der Waals surface area contributed by atoms with Gasteiger partial charge in [0.25, 0.3) is 0 Å². The second kappa shape index (κ2) is 14.8. The zero-order chi connectivity index (χ0) is 34.2. The van der Waals surface area contributed by atoms with E-state index in [1.807, 2.05) is 64.1 Å². The van der Waals surface area contributed by atoms with Gasteiger partial charge in [0.1, 0.15) is 0 Å². The summed E-state index contributed by atoms with van der Waals surface area (Å²) < 4.78 is 10.8. The Morgan fingerprint density at radius 3 is 2.21 bits per heavy atom. The van der Waals surface area contributed by atoms with Gasteiger partial charge in [0, 0.05) is 50.0 Å². The first-order valence-corrected chi connectivity index (χ1v) is 20.3. The van der Waals surface area contributed by atoms with Crippen LogP contribution >= 0.6 is 11.3 Å². The zero-order valence-electron chi connectivity index (χ0n) is 29.8. The summed E-state index contributed by atoms with van der Waals surface area (Å²) in [7, 11) is -1.27. The molecule has 4 aromatic heterocycles. The molecule has 245 valence electrons. The Hall–Kier alpha value is -3.80. The van der Waals surface area contributed by atoms with Crippen molar-refractivity contribution in [3.05, 3.63) is 132 Å². The molecule has 0 fully saturated rings. The standard InChI is InChI=1S/C27H23N2S.C15H18NSi.Ir/c1-16(2)19-10-11-28-25(14-19)24-7-5-6-23-22-9-8-20(15-26(22)30-27(23)24)21-12-17(3)29-18(4)13-21;1-12-10-14(13-8-6-5-7-9-13)16-11-15(12)17(2,3)4;/h5-6,8-16H,1-4H3;5-8,10-11H,1-4H3;/q2*-1;/i16D;;. The Morgan fingerprint density at radius 1 is 0.771 bits per heavy atom. The van der Waals surface area contributed by atoms with Gasteiger partial charge in [-0.15, -0.1) is 59.7 Å². The minimum absolute atomic E-state index is 0. The van der Waals surface area contributed by atoms with Crippen molar-refractivity contribution < 1.29 is 21.5 Å². The molecule has 0 unspecified atom stereocenters. The van der Waals surface area contributed by atoms with Crippen molar-refractivity contribution in [3.63, 3.8) is 0 Å². The number of aryl methyl sites for hydroxylation is 3. The van der Waals surface area contributed by atoms with Crippen LogP contribution in [0.2, 0.25) is 19.6 Å². The van der Waals surface area contributed by atoms with E-state index in [1.165, 1.54) is 42.0 Å². The number of fused-ring (bicyclic) bond motifs is 3. The molecule has 7 aromatic rings. The normalized spacial score (nSPS) is 11.9. The van der Waals surface area contributed by atoms with Crippen LogP contribution < -0.4 is 5.19 Å². The van der Waals surface area contributed by atoms with Crippen LogP contribution in [0.4, 0.5) is 0 Å². The summed E-state index contributed by atoms with van der Waals surface area (Å²) in [5.41, 5.74) is 10.7. The van der Waals surface area contributed by atoms with Gasteiger partial charge in [-0.2, -0.15) is 11.3 Å². The van der Waals surface area contributed by atoms with Crippen molar-refractivity contribution in [1.82, 2.24) is 15.0 Å². The predicted octanol–water partition coefficient (Wildman–Crippen LogP) is 11.1. The van der Waals surface area contributed by atoms with Crippen molar-refractivity contribution in [2.24, 2.45) is 0 Å². The van der Waals surface area contributed by atoms with Crippen LogP contribution in [0.5, 0.6) is 0 Å². The smallest absolute Gasteiger partial charge is 0.0798 e. The molecule has 0 saturated heterocycles. The number of hydrogen-bond acceptors (Lipinski definition) is 4. The fourth-order valence-corrected chi connectivity index (χ4v) is 8.99. The van der Waals surface area contributed by atoms with Gasteiger partial charge in [-0.25, -0.2) is 0 Å². The predicted molar refractivity (Wildman–Crippen MR) is 204 cm³/mol. The molecule has 0 bridgehead atoms. The second-order valence-corrected chi connectivity index (χ2v) is 19.5. The molecule has 0 amide bonds. The van der Waals surface area contributed by atoms with E-state index in [9.17, 15) is 0 Å². The Balaban J connectivity index is 0.000000221. The molecule has 7 rings (SSSR count). The number of hydrogen-bond donors (Lipinski definition) is 0. The SMILES string of the molecule is Cc1cc(-c2[c-]cccc2)ncc1[Si](C)(C)C.[2H]C(C)(C)c1ccnc(-c2[c-]ccc3c2sc2cc(-c4cc(C)nc(C)c4)ccc23)c1.[Ir]. The van der Waals surface area contributed by atoms with E-state index in [-0.39, 0.29) is 20.1 Å². The largest absolute Gasteiger partial charge is 0.305 e. The summed E-state index contributed by atoms with van der Waals surface area (Å²) in [6.07, 6.45) is 3.85.